The van der Waals surface area contributed by atoms with E-state index in [-0.39, 0.29) is 5.91 Å². The van der Waals surface area contributed by atoms with E-state index in [0.29, 0.717) is 6.54 Å². The number of amides is 1. The van der Waals surface area contributed by atoms with Crippen molar-refractivity contribution >= 4 is 27.5 Å². The van der Waals surface area contributed by atoms with Crippen LogP contribution < -0.4 is 5.32 Å². The van der Waals surface area contributed by atoms with Crippen LogP contribution in [-0.4, -0.2) is 30.4 Å². The minimum Gasteiger partial charge on any atom is -0.325 e. The molecule has 1 fully saturated rings. The fourth-order valence-corrected chi connectivity index (χ4v) is 2.86. The molecule has 1 saturated heterocycles. The Labute approximate surface area is 123 Å². The van der Waals surface area contributed by atoms with E-state index in [2.05, 4.69) is 33.1 Å². The largest absolute Gasteiger partial charge is 0.325 e. The van der Waals surface area contributed by atoms with E-state index in [1.54, 1.807) is 0 Å². The minimum atomic E-state index is 0.0833. The van der Waals surface area contributed by atoms with Gasteiger partial charge in [-0.3, -0.25) is 9.69 Å². The summed E-state index contributed by atoms with van der Waals surface area (Å²) >= 11 is 3.43. The second kappa shape index (κ2) is 6.53. The highest BCUT2D eigenvalue weighted by molar-refractivity contribution is 9.10. The van der Waals surface area contributed by atoms with Crippen molar-refractivity contribution in [2.24, 2.45) is 5.92 Å². The Morgan fingerprint density at radius 3 is 2.74 bits per heavy atom. The molecule has 1 N–H and O–H groups in total. The molecule has 0 saturated carbocycles. The van der Waals surface area contributed by atoms with E-state index in [1.165, 1.54) is 12.8 Å². The summed E-state index contributed by atoms with van der Waals surface area (Å²) in [4.78, 5) is 14.3. The summed E-state index contributed by atoms with van der Waals surface area (Å²) in [5.41, 5.74) is 1.98. The summed E-state index contributed by atoms with van der Waals surface area (Å²) in [6, 6.07) is 5.90. The Balaban J connectivity index is 1.87. The van der Waals surface area contributed by atoms with Crippen molar-refractivity contribution in [3.8, 4) is 0 Å². The number of aryl methyl sites for hydroxylation is 1. The molecule has 19 heavy (non-hydrogen) atoms. The number of nitrogens with zero attached hydrogens (tertiary/aromatic N) is 1. The number of carbonyl (C=O) groups excluding carboxylic acids is 1. The average molecular weight is 325 g/mol. The van der Waals surface area contributed by atoms with E-state index in [4.69, 9.17) is 0 Å². The van der Waals surface area contributed by atoms with E-state index in [9.17, 15) is 4.79 Å². The second-order valence-corrected chi connectivity index (χ2v) is 6.38. The Kier molecular flexibility index (Phi) is 4.99. The first-order valence-corrected chi connectivity index (χ1v) is 7.62. The average Bonchev–Trinajstić information content (AvgIpc) is 2.36. The molecule has 1 aliphatic rings. The monoisotopic (exact) mass is 324 g/mol. The maximum atomic E-state index is 12.0. The molecule has 1 aromatic carbocycles. The molecular formula is C15H21BrN2O. The zero-order valence-electron chi connectivity index (χ0n) is 11.6. The van der Waals surface area contributed by atoms with Crippen molar-refractivity contribution in [2.45, 2.75) is 26.7 Å². The maximum absolute atomic E-state index is 12.0. The zero-order valence-corrected chi connectivity index (χ0v) is 13.2. The lowest BCUT2D eigenvalue weighted by molar-refractivity contribution is -0.117. The number of likely N-dealkylation sites (tertiary alicyclic amines) is 1. The molecule has 0 spiro atoms. The number of hydrogen-bond donors (Lipinski definition) is 1. The zero-order chi connectivity index (χ0) is 13.8. The van der Waals surface area contributed by atoms with Crippen molar-refractivity contribution in [2.75, 3.05) is 25.0 Å². The molecule has 0 aromatic heterocycles. The van der Waals surface area contributed by atoms with Crippen LogP contribution in [0.25, 0.3) is 0 Å². The van der Waals surface area contributed by atoms with Gasteiger partial charge in [0.2, 0.25) is 5.91 Å². The summed E-state index contributed by atoms with van der Waals surface area (Å²) in [7, 11) is 0. The number of carbonyl (C=O) groups is 1. The molecule has 104 valence electrons. The van der Waals surface area contributed by atoms with Crippen LogP contribution in [0, 0.1) is 12.8 Å². The fraction of sp³-hybridized carbons (Fsp3) is 0.533. The van der Waals surface area contributed by atoms with Crippen LogP contribution >= 0.6 is 15.9 Å². The number of nitrogens with one attached hydrogen (secondary N) is 1. The molecule has 2 rings (SSSR count). The summed E-state index contributed by atoms with van der Waals surface area (Å²) in [6.45, 7) is 6.86. The van der Waals surface area contributed by atoms with Crippen molar-refractivity contribution in [1.29, 1.82) is 0 Å². The van der Waals surface area contributed by atoms with Gasteiger partial charge >= 0.3 is 0 Å². The molecule has 0 radical (unpaired) electrons. The first-order valence-electron chi connectivity index (χ1n) is 6.83. The van der Waals surface area contributed by atoms with E-state index < -0.39 is 0 Å². The third kappa shape index (κ3) is 4.32. The molecule has 4 heteroatoms. The van der Waals surface area contributed by atoms with E-state index in [1.807, 2.05) is 25.1 Å². The smallest absolute Gasteiger partial charge is 0.238 e. The molecule has 0 atom stereocenters. The first-order chi connectivity index (χ1) is 9.04. The molecule has 1 amide bonds. The van der Waals surface area contributed by atoms with E-state index >= 15 is 0 Å². The standard InChI is InChI=1S/C15H21BrN2O/c1-11-5-7-18(8-6-11)10-15(19)17-14-4-3-13(16)9-12(14)2/h3-4,9,11H,5-8,10H2,1-2H3,(H,17,19). The number of piperidine rings is 1. The number of halogens is 1. The minimum absolute atomic E-state index is 0.0833. The van der Waals surface area contributed by atoms with Gasteiger partial charge < -0.3 is 5.32 Å². The number of anilines is 1. The van der Waals surface area contributed by atoms with Crippen LogP contribution in [0.3, 0.4) is 0 Å². The van der Waals surface area contributed by atoms with Crippen LogP contribution in [0.5, 0.6) is 0 Å². The van der Waals surface area contributed by atoms with E-state index in [0.717, 1.165) is 34.7 Å². The topological polar surface area (TPSA) is 32.3 Å². The lowest BCUT2D eigenvalue weighted by Crippen LogP contribution is -2.38. The highest BCUT2D eigenvalue weighted by atomic mass is 79.9. The second-order valence-electron chi connectivity index (χ2n) is 5.47. The first kappa shape index (κ1) is 14.5. The number of rotatable bonds is 3. The van der Waals surface area contributed by atoms with Gasteiger partial charge in [-0.1, -0.05) is 22.9 Å². The summed E-state index contributed by atoms with van der Waals surface area (Å²) in [5, 5.41) is 2.99. The van der Waals surface area contributed by atoms with Crippen LogP contribution in [0.1, 0.15) is 25.3 Å². The van der Waals surface area contributed by atoms with Crippen molar-refractivity contribution in [1.82, 2.24) is 4.90 Å². The van der Waals surface area contributed by atoms with Gasteiger partial charge in [0, 0.05) is 10.2 Å². The van der Waals surface area contributed by atoms with Gasteiger partial charge in [-0.25, -0.2) is 0 Å². The highest BCUT2D eigenvalue weighted by Crippen LogP contribution is 2.20. The van der Waals surface area contributed by atoms with Crippen LogP contribution in [0.2, 0.25) is 0 Å². The Morgan fingerprint density at radius 2 is 2.11 bits per heavy atom. The normalized spacial score (nSPS) is 17.4. The summed E-state index contributed by atoms with van der Waals surface area (Å²) in [6.07, 6.45) is 2.40. The van der Waals surface area contributed by atoms with Crippen LogP contribution in [0.15, 0.2) is 22.7 Å². The third-order valence-corrected chi connectivity index (χ3v) is 4.20. The van der Waals surface area contributed by atoms with Gasteiger partial charge in [-0.05, 0) is 62.5 Å². The maximum Gasteiger partial charge on any atom is 0.238 e. The highest BCUT2D eigenvalue weighted by Gasteiger charge is 2.18. The van der Waals surface area contributed by atoms with Gasteiger partial charge in [0.05, 0.1) is 6.54 Å². The van der Waals surface area contributed by atoms with Crippen LogP contribution in [0.4, 0.5) is 5.69 Å². The predicted molar refractivity (Wildman–Crippen MR) is 82.3 cm³/mol. The Morgan fingerprint density at radius 1 is 1.42 bits per heavy atom. The molecule has 3 nitrogen and oxygen atoms in total. The van der Waals surface area contributed by atoms with Crippen molar-refractivity contribution < 1.29 is 4.79 Å². The molecule has 1 aromatic rings. The Bertz CT molecular complexity index is 453. The third-order valence-electron chi connectivity index (χ3n) is 3.71. The summed E-state index contributed by atoms with van der Waals surface area (Å²) < 4.78 is 1.04. The quantitative estimate of drug-likeness (QED) is 0.923. The lowest BCUT2D eigenvalue weighted by Gasteiger charge is -2.29. The predicted octanol–water partition coefficient (Wildman–Crippen LogP) is 3.43. The molecule has 1 heterocycles. The van der Waals surface area contributed by atoms with Crippen molar-refractivity contribution in [3.63, 3.8) is 0 Å². The lowest BCUT2D eigenvalue weighted by atomic mass is 9.99. The molecule has 0 unspecified atom stereocenters. The van der Waals surface area contributed by atoms with Gasteiger partial charge in [-0.2, -0.15) is 0 Å². The number of benzene rings is 1. The molecule has 0 bridgehead atoms. The van der Waals surface area contributed by atoms with Gasteiger partial charge in [0.15, 0.2) is 0 Å². The molecule has 0 aliphatic carbocycles. The summed E-state index contributed by atoms with van der Waals surface area (Å²) in [5.74, 6) is 0.882. The van der Waals surface area contributed by atoms with Gasteiger partial charge in [0.25, 0.3) is 0 Å². The Hall–Kier alpha value is -0.870. The van der Waals surface area contributed by atoms with Gasteiger partial charge in [0.1, 0.15) is 0 Å². The van der Waals surface area contributed by atoms with Crippen molar-refractivity contribution in [3.05, 3.63) is 28.2 Å². The fourth-order valence-electron chi connectivity index (χ4n) is 2.38. The number of hydrogen-bond acceptors (Lipinski definition) is 2. The van der Waals surface area contributed by atoms with Gasteiger partial charge in [-0.15, -0.1) is 0 Å². The van der Waals surface area contributed by atoms with Crippen LogP contribution in [-0.2, 0) is 4.79 Å². The SMILES string of the molecule is Cc1cc(Br)ccc1NC(=O)CN1CCC(C)CC1. The molecule has 1 aliphatic heterocycles. The molecular weight excluding hydrogens is 304 g/mol.